The van der Waals surface area contributed by atoms with Gasteiger partial charge >= 0.3 is 0 Å². The van der Waals surface area contributed by atoms with Crippen LogP contribution in [0.15, 0.2) is 18.2 Å². The Balaban J connectivity index is 0.00000196. The normalized spacial score (nSPS) is 11.7. The van der Waals surface area contributed by atoms with Crippen molar-refractivity contribution in [2.75, 3.05) is 6.61 Å². The third kappa shape index (κ3) is 3.32. The molecule has 0 heterocycles. The van der Waals surface area contributed by atoms with Crippen LogP contribution in [0.1, 0.15) is 11.6 Å². The van der Waals surface area contributed by atoms with Crippen LogP contribution in [0.2, 0.25) is 5.02 Å². The second kappa shape index (κ2) is 5.87. The van der Waals surface area contributed by atoms with Gasteiger partial charge in [-0.25, -0.2) is 0 Å². The number of aliphatic hydroxyl groups excluding tert-OH is 1. The number of rotatable bonds is 3. The van der Waals surface area contributed by atoms with Crippen molar-refractivity contribution in [1.29, 1.82) is 0 Å². The van der Waals surface area contributed by atoms with Crippen LogP contribution in [-0.2, 0) is 0 Å². The van der Waals surface area contributed by atoms with Gasteiger partial charge in [-0.3, -0.25) is 10.1 Å². The molecule has 84 valence electrons. The monoisotopic (exact) mass is 252 g/mol. The van der Waals surface area contributed by atoms with Crippen LogP contribution in [0.4, 0.5) is 5.69 Å². The second-order valence-corrected chi connectivity index (χ2v) is 3.16. The fraction of sp³-hybridized carbons (Fsp3) is 0.250. The van der Waals surface area contributed by atoms with E-state index in [9.17, 15) is 10.1 Å². The molecule has 0 aliphatic carbocycles. The highest BCUT2D eigenvalue weighted by Crippen LogP contribution is 2.26. The van der Waals surface area contributed by atoms with Crippen LogP contribution < -0.4 is 5.73 Å². The first-order valence-electron chi connectivity index (χ1n) is 3.86. The lowest BCUT2D eigenvalue weighted by atomic mass is 10.1. The highest BCUT2D eigenvalue weighted by molar-refractivity contribution is 6.32. The average molecular weight is 253 g/mol. The summed E-state index contributed by atoms with van der Waals surface area (Å²) in [7, 11) is 0. The third-order valence-corrected chi connectivity index (χ3v) is 2.11. The van der Waals surface area contributed by atoms with Crippen LogP contribution >= 0.6 is 24.0 Å². The number of nitrogens with two attached hydrogens (primary N) is 1. The molecule has 0 aliphatic rings. The van der Waals surface area contributed by atoms with Gasteiger partial charge in [-0.2, -0.15) is 0 Å². The van der Waals surface area contributed by atoms with E-state index >= 15 is 0 Å². The first kappa shape index (κ1) is 14.1. The number of aliphatic hydroxyl groups is 1. The van der Waals surface area contributed by atoms with E-state index in [2.05, 4.69) is 0 Å². The van der Waals surface area contributed by atoms with Gasteiger partial charge in [-0.1, -0.05) is 17.7 Å². The quantitative estimate of drug-likeness (QED) is 0.633. The van der Waals surface area contributed by atoms with Crippen molar-refractivity contribution in [2.24, 2.45) is 5.73 Å². The first-order chi connectivity index (χ1) is 6.56. The maximum Gasteiger partial charge on any atom is 0.288 e. The number of nitro groups is 1. The molecule has 0 bridgehead atoms. The Morgan fingerprint density at radius 3 is 2.67 bits per heavy atom. The first-order valence-corrected chi connectivity index (χ1v) is 4.24. The molecule has 0 aliphatic heterocycles. The molecule has 7 heteroatoms. The van der Waals surface area contributed by atoms with Gasteiger partial charge in [0.15, 0.2) is 0 Å². The molecule has 5 nitrogen and oxygen atoms in total. The molecule has 0 saturated carbocycles. The van der Waals surface area contributed by atoms with E-state index in [1.54, 1.807) is 6.07 Å². The topological polar surface area (TPSA) is 89.4 Å². The summed E-state index contributed by atoms with van der Waals surface area (Å²) in [6.45, 7) is -0.265. The molecule has 0 fully saturated rings. The highest BCUT2D eigenvalue weighted by atomic mass is 35.5. The predicted octanol–water partition coefficient (Wildman–Crippen LogP) is 1.66. The van der Waals surface area contributed by atoms with Gasteiger partial charge in [0.25, 0.3) is 5.69 Å². The lowest BCUT2D eigenvalue weighted by Gasteiger charge is -2.07. The molecule has 1 atom stereocenters. The summed E-state index contributed by atoms with van der Waals surface area (Å²) in [6, 6.07) is 3.59. The lowest BCUT2D eigenvalue weighted by molar-refractivity contribution is -0.384. The van der Waals surface area contributed by atoms with Crippen molar-refractivity contribution in [3.8, 4) is 0 Å². The number of hydrogen-bond donors (Lipinski definition) is 2. The molecule has 1 aromatic rings. The molecular weight excluding hydrogens is 243 g/mol. The minimum Gasteiger partial charge on any atom is -0.394 e. The molecule has 1 rings (SSSR count). The number of nitrogens with zero attached hydrogens (tertiary/aromatic N) is 1. The highest BCUT2D eigenvalue weighted by Gasteiger charge is 2.15. The van der Waals surface area contributed by atoms with Gasteiger partial charge < -0.3 is 10.8 Å². The number of nitro benzene ring substituents is 1. The van der Waals surface area contributed by atoms with E-state index in [0.717, 1.165) is 0 Å². The summed E-state index contributed by atoms with van der Waals surface area (Å²) >= 11 is 5.59. The van der Waals surface area contributed by atoms with Crippen molar-refractivity contribution in [1.82, 2.24) is 0 Å². The fourth-order valence-electron chi connectivity index (χ4n) is 1.01. The van der Waals surface area contributed by atoms with Gasteiger partial charge in [-0.15, -0.1) is 12.4 Å². The molecule has 0 spiro atoms. The van der Waals surface area contributed by atoms with Gasteiger partial charge in [0, 0.05) is 6.07 Å². The van der Waals surface area contributed by atoms with Crippen molar-refractivity contribution in [3.05, 3.63) is 38.9 Å². The van der Waals surface area contributed by atoms with Gasteiger partial charge in [0.05, 0.1) is 17.6 Å². The van der Waals surface area contributed by atoms with E-state index in [4.69, 9.17) is 22.4 Å². The maximum absolute atomic E-state index is 10.5. The van der Waals surface area contributed by atoms with Crippen molar-refractivity contribution in [3.63, 3.8) is 0 Å². The average Bonchev–Trinajstić information content (AvgIpc) is 2.17. The van der Waals surface area contributed by atoms with E-state index in [1.165, 1.54) is 12.1 Å². The van der Waals surface area contributed by atoms with Crippen molar-refractivity contribution < 1.29 is 10.0 Å². The minimum absolute atomic E-state index is 0. The van der Waals surface area contributed by atoms with E-state index < -0.39 is 11.0 Å². The smallest absolute Gasteiger partial charge is 0.288 e. The summed E-state index contributed by atoms with van der Waals surface area (Å²) in [4.78, 5) is 9.92. The molecule has 0 unspecified atom stereocenters. The number of benzene rings is 1. The zero-order chi connectivity index (χ0) is 10.7. The zero-order valence-electron chi connectivity index (χ0n) is 7.59. The Labute approximate surface area is 97.4 Å². The Kier molecular flexibility index (Phi) is 5.53. The zero-order valence-corrected chi connectivity index (χ0v) is 9.16. The minimum atomic E-state index is -0.619. The molecule has 0 aromatic heterocycles. The van der Waals surface area contributed by atoms with Crippen LogP contribution in [0.5, 0.6) is 0 Å². The number of hydrogen-bond acceptors (Lipinski definition) is 4. The SMILES string of the molecule is Cl.N[C@@H](CO)c1ccc(Cl)c([N+](=O)[O-])c1. The summed E-state index contributed by atoms with van der Waals surface area (Å²) < 4.78 is 0. The number of halogens is 2. The van der Waals surface area contributed by atoms with Gasteiger partial charge in [0.1, 0.15) is 5.02 Å². The summed E-state index contributed by atoms with van der Waals surface area (Å²) in [5.41, 5.74) is 5.79. The Morgan fingerprint density at radius 1 is 1.60 bits per heavy atom. The van der Waals surface area contributed by atoms with E-state index in [0.29, 0.717) is 5.56 Å². The standard InChI is InChI=1S/C8H9ClN2O3.ClH/c9-6-2-1-5(7(10)4-12)3-8(6)11(13)14;/h1-3,7,12H,4,10H2;1H/t7-;/m0./s1. The third-order valence-electron chi connectivity index (χ3n) is 1.79. The Morgan fingerprint density at radius 2 is 2.20 bits per heavy atom. The second-order valence-electron chi connectivity index (χ2n) is 2.76. The predicted molar refractivity (Wildman–Crippen MR) is 59.4 cm³/mol. The lowest BCUT2D eigenvalue weighted by Crippen LogP contribution is -2.14. The van der Waals surface area contributed by atoms with Crippen LogP contribution in [0.25, 0.3) is 0 Å². The van der Waals surface area contributed by atoms with Crippen LogP contribution in [-0.4, -0.2) is 16.6 Å². The summed E-state index contributed by atoms with van der Waals surface area (Å²) in [5, 5.41) is 19.3. The van der Waals surface area contributed by atoms with Gasteiger partial charge in [-0.05, 0) is 11.6 Å². The van der Waals surface area contributed by atoms with E-state index in [-0.39, 0.29) is 29.7 Å². The molecule has 0 amide bonds. The molecule has 1 aromatic carbocycles. The Bertz CT molecular complexity index is 360. The summed E-state index contributed by atoms with van der Waals surface area (Å²) in [5.74, 6) is 0. The molecule has 3 N–H and O–H groups in total. The van der Waals surface area contributed by atoms with Gasteiger partial charge in [0.2, 0.25) is 0 Å². The molecular formula is C8H10Cl2N2O3. The van der Waals surface area contributed by atoms with E-state index in [1.807, 2.05) is 0 Å². The maximum atomic E-state index is 10.5. The summed E-state index contributed by atoms with van der Waals surface area (Å²) in [6.07, 6.45) is 0. The Hall–Kier alpha value is -0.880. The molecule has 0 radical (unpaired) electrons. The van der Waals surface area contributed by atoms with Crippen LogP contribution in [0.3, 0.4) is 0 Å². The fourth-order valence-corrected chi connectivity index (χ4v) is 1.19. The molecule has 15 heavy (non-hydrogen) atoms. The largest absolute Gasteiger partial charge is 0.394 e. The van der Waals surface area contributed by atoms with Crippen molar-refractivity contribution in [2.45, 2.75) is 6.04 Å². The van der Waals surface area contributed by atoms with Crippen molar-refractivity contribution >= 4 is 29.7 Å². The molecule has 0 saturated heterocycles. The van der Waals surface area contributed by atoms with Crippen LogP contribution in [0, 0.1) is 10.1 Å².